The van der Waals surface area contributed by atoms with Crippen LogP contribution in [0, 0.1) is 16.7 Å². The van der Waals surface area contributed by atoms with E-state index in [9.17, 15) is 10.1 Å². The van der Waals surface area contributed by atoms with Crippen LogP contribution in [0.3, 0.4) is 0 Å². The highest BCUT2D eigenvalue weighted by molar-refractivity contribution is 5.74. The summed E-state index contributed by atoms with van der Waals surface area (Å²) in [7, 11) is 0. The molecule has 1 aliphatic rings. The van der Waals surface area contributed by atoms with Crippen molar-refractivity contribution < 1.29 is 4.79 Å². The zero-order valence-electron chi connectivity index (χ0n) is 13.8. The van der Waals surface area contributed by atoms with E-state index in [4.69, 9.17) is 0 Å². The molecule has 1 aromatic carbocycles. The highest BCUT2D eigenvalue weighted by atomic mass is 16.2. The number of allylic oxidation sites excluding steroid dienone is 1. The van der Waals surface area contributed by atoms with Crippen LogP contribution in [-0.4, -0.2) is 24.0 Å². The topological polar surface area (TPSA) is 56.1 Å². The van der Waals surface area contributed by atoms with E-state index in [1.165, 1.54) is 0 Å². The second kappa shape index (κ2) is 7.82. The summed E-state index contributed by atoms with van der Waals surface area (Å²) in [5.41, 5.74) is 0.819. The van der Waals surface area contributed by atoms with Crippen molar-refractivity contribution in [1.29, 1.82) is 5.26 Å². The number of nitriles is 1. The first-order valence-electron chi connectivity index (χ1n) is 8.20. The average molecular weight is 311 g/mol. The summed E-state index contributed by atoms with van der Waals surface area (Å²) in [6, 6.07) is 12.3. The standard InChI is InChI=1S/C19H25N3O/c1-3-4-10-17(16-8-6-5-7-9-16)21-18(23)22-13-11-19(2,15-20)12-14-22/h3,5-9,17H,1,4,10-14H2,2H3,(H,21,23). The molecular formula is C19H25N3O. The first-order valence-corrected chi connectivity index (χ1v) is 8.20. The molecular weight excluding hydrogens is 286 g/mol. The Morgan fingerprint density at radius 1 is 1.43 bits per heavy atom. The number of carbonyl (C=O) groups is 1. The van der Waals surface area contributed by atoms with Gasteiger partial charge in [-0.05, 0) is 38.2 Å². The third-order valence-electron chi connectivity index (χ3n) is 4.58. The molecule has 1 unspecified atom stereocenters. The third-order valence-corrected chi connectivity index (χ3v) is 4.58. The van der Waals surface area contributed by atoms with Gasteiger partial charge in [-0.2, -0.15) is 5.26 Å². The van der Waals surface area contributed by atoms with Gasteiger partial charge in [0.05, 0.1) is 17.5 Å². The van der Waals surface area contributed by atoms with Gasteiger partial charge in [0.25, 0.3) is 0 Å². The summed E-state index contributed by atoms with van der Waals surface area (Å²) in [4.78, 5) is 14.4. The molecule has 23 heavy (non-hydrogen) atoms. The Labute approximate surface area is 138 Å². The molecule has 1 fully saturated rings. The van der Waals surface area contributed by atoms with E-state index in [2.05, 4.69) is 18.0 Å². The summed E-state index contributed by atoms with van der Waals surface area (Å²) < 4.78 is 0. The van der Waals surface area contributed by atoms with Gasteiger partial charge in [-0.3, -0.25) is 0 Å². The Balaban J connectivity index is 1.98. The predicted octanol–water partition coefficient (Wildman–Crippen LogP) is 4.03. The Hall–Kier alpha value is -2.28. The molecule has 0 radical (unpaired) electrons. The average Bonchev–Trinajstić information content (AvgIpc) is 2.59. The van der Waals surface area contributed by atoms with Crippen LogP contribution in [0.1, 0.15) is 44.2 Å². The van der Waals surface area contributed by atoms with Crippen LogP contribution in [0.2, 0.25) is 0 Å². The number of hydrogen-bond donors (Lipinski definition) is 1. The number of piperidine rings is 1. The van der Waals surface area contributed by atoms with Gasteiger partial charge < -0.3 is 10.2 Å². The maximum Gasteiger partial charge on any atom is 0.317 e. The molecule has 1 heterocycles. The molecule has 4 nitrogen and oxygen atoms in total. The number of carbonyl (C=O) groups excluding carboxylic acids is 1. The summed E-state index contributed by atoms with van der Waals surface area (Å²) in [5, 5.41) is 12.3. The summed E-state index contributed by atoms with van der Waals surface area (Å²) in [6.07, 6.45) is 5.04. The molecule has 1 N–H and O–H groups in total. The quantitative estimate of drug-likeness (QED) is 0.835. The fourth-order valence-electron chi connectivity index (χ4n) is 2.85. The van der Waals surface area contributed by atoms with Crippen LogP contribution in [0.4, 0.5) is 4.79 Å². The van der Waals surface area contributed by atoms with E-state index in [0.717, 1.165) is 31.2 Å². The van der Waals surface area contributed by atoms with Gasteiger partial charge in [-0.25, -0.2) is 4.79 Å². The number of nitrogens with zero attached hydrogens (tertiary/aromatic N) is 2. The van der Waals surface area contributed by atoms with Gasteiger partial charge in [0.15, 0.2) is 0 Å². The first kappa shape index (κ1) is 17.1. The fourth-order valence-corrected chi connectivity index (χ4v) is 2.85. The lowest BCUT2D eigenvalue weighted by atomic mass is 9.82. The number of nitrogens with one attached hydrogen (secondary N) is 1. The summed E-state index contributed by atoms with van der Waals surface area (Å²) in [6.45, 7) is 7.01. The maximum absolute atomic E-state index is 12.6. The van der Waals surface area contributed by atoms with E-state index in [1.54, 1.807) is 0 Å². The molecule has 4 heteroatoms. The van der Waals surface area contributed by atoms with E-state index in [0.29, 0.717) is 13.1 Å². The van der Waals surface area contributed by atoms with Crippen LogP contribution < -0.4 is 5.32 Å². The number of urea groups is 1. The predicted molar refractivity (Wildman–Crippen MR) is 91.7 cm³/mol. The van der Waals surface area contributed by atoms with Gasteiger partial charge in [0.1, 0.15) is 0 Å². The van der Waals surface area contributed by atoms with Gasteiger partial charge in [-0.15, -0.1) is 6.58 Å². The first-order chi connectivity index (χ1) is 11.1. The van der Waals surface area contributed by atoms with Crippen LogP contribution in [0.15, 0.2) is 43.0 Å². The monoisotopic (exact) mass is 311 g/mol. The maximum atomic E-state index is 12.6. The van der Waals surface area contributed by atoms with E-state index >= 15 is 0 Å². The van der Waals surface area contributed by atoms with Crippen LogP contribution in [0.25, 0.3) is 0 Å². The summed E-state index contributed by atoms with van der Waals surface area (Å²) >= 11 is 0. The SMILES string of the molecule is C=CCCC(NC(=O)N1CCC(C)(C#N)CC1)c1ccccc1. The fraction of sp³-hybridized carbons (Fsp3) is 0.474. The number of rotatable bonds is 5. The molecule has 2 amide bonds. The van der Waals surface area contributed by atoms with Gasteiger partial charge in [0.2, 0.25) is 0 Å². The second-order valence-corrected chi connectivity index (χ2v) is 6.44. The minimum atomic E-state index is -0.293. The van der Waals surface area contributed by atoms with Crippen molar-refractivity contribution in [3.8, 4) is 6.07 Å². The second-order valence-electron chi connectivity index (χ2n) is 6.44. The molecule has 0 spiro atoms. The molecule has 0 bridgehead atoms. The lowest BCUT2D eigenvalue weighted by Crippen LogP contribution is -2.47. The zero-order valence-corrected chi connectivity index (χ0v) is 13.8. The van der Waals surface area contributed by atoms with E-state index in [-0.39, 0.29) is 17.5 Å². The molecule has 0 saturated carbocycles. The summed E-state index contributed by atoms with van der Waals surface area (Å²) in [5.74, 6) is 0. The lowest BCUT2D eigenvalue weighted by molar-refractivity contribution is 0.153. The van der Waals surface area contributed by atoms with E-state index in [1.807, 2.05) is 48.2 Å². The molecule has 1 atom stereocenters. The molecule has 1 aromatic rings. The van der Waals surface area contributed by atoms with Crippen molar-refractivity contribution in [3.05, 3.63) is 48.6 Å². The van der Waals surface area contributed by atoms with Crippen molar-refractivity contribution in [2.45, 2.75) is 38.6 Å². The van der Waals surface area contributed by atoms with E-state index < -0.39 is 0 Å². The molecule has 122 valence electrons. The third kappa shape index (κ3) is 4.59. The van der Waals surface area contributed by atoms with Gasteiger partial charge in [-0.1, -0.05) is 36.4 Å². The highest BCUT2D eigenvalue weighted by Gasteiger charge is 2.32. The number of benzene rings is 1. The number of amides is 2. The molecule has 0 aliphatic carbocycles. The normalized spacial score (nSPS) is 17.8. The number of hydrogen-bond acceptors (Lipinski definition) is 2. The van der Waals surface area contributed by atoms with Gasteiger partial charge in [0, 0.05) is 13.1 Å². The van der Waals surface area contributed by atoms with Gasteiger partial charge >= 0.3 is 6.03 Å². The number of likely N-dealkylation sites (tertiary alicyclic amines) is 1. The Bertz CT molecular complexity index is 568. The minimum Gasteiger partial charge on any atom is -0.331 e. The van der Waals surface area contributed by atoms with Crippen molar-refractivity contribution in [1.82, 2.24) is 10.2 Å². The molecule has 1 saturated heterocycles. The molecule has 1 aliphatic heterocycles. The largest absolute Gasteiger partial charge is 0.331 e. The molecule has 2 rings (SSSR count). The Morgan fingerprint density at radius 2 is 2.09 bits per heavy atom. The van der Waals surface area contributed by atoms with Crippen molar-refractivity contribution in [3.63, 3.8) is 0 Å². The Kier molecular flexibility index (Phi) is 5.81. The molecule has 0 aromatic heterocycles. The smallest absolute Gasteiger partial charge is 0.317 e. The van der Waals surface area contributed by atoms with Crippen LogP contribution >= 0.6 is 0 Å². The van der Waals surface area contributed by atoms with Crippen molar-refractivity contribution in [2.75, 3.05) is 13.1 Å². The van der Waals surface area contributed by atoms with Crippen molar-refractivity contribution >= 4 is 6.03 Å². The Morgan fingerprint density at radius 3 is 2.65 bits per heavy atom. The van der Waals surface area contributed by atoms with Crippen LogP contribution in [0.5, 0.6) is 0 Å². The lowest BCUT2D eigenvalue weighted by Gasteiger charge is -2.35. The van der Waals surface area contributed by atoms with Crippen LogP contribution in [-0.2, 0) is 0 Å². The zero-order chi connectivity index (χ0) is 16.7. The highest BCUT2D eigenvalue weighted by Crippen LogP contribution is 2.30. The van der Waals surface area contributed by atoms with Crippen molar-refractivity contribution in [2.24, 2.45) is 5.41 Å². The minimum absolute atomic E-state index is 0.00835.